The number of benzene rings is 3. The van der Waals surface area contributed by atoms with E-state index in [0.717, 1.165) is 22.5 Å². The summed E-state index contributed by atoms with van der Waals surface area (Å²) in [5.74, 6) is -0.194. The van der Waals surface area contributed by atoms with Crippen LogP contribution in [0, 0.1) is 11.3 Å². The van der Waals surface area contributed by atoms with Crippen molar-refractivity contribution in [1.82, 2.24) is 4.57 Å². The lowest BCUT2D eigenvalue weighted by atomic mass is 10.0. The third kappa shape index (κ3) is 5.60. The number of thiazole rings is 1. The Morgan fingerprint density at radius 3 is 2.22 bits per heavy atom. The number of hydrogen-bond donors (Lipinski definition) is 1. The number of nitrogens with one attached hydrogen (secondary N) is 1. The minimum absolute atomic E-state index is 0.124. The van der Waals surface area contributed by atoms with Gasteiger partial charge >= 0.3 is 0 Å². The van der Waals surface area contributed by atoms with Crippen LogP contribution in [-0.4, -0.2) is 10.5 Å². The van der Waals surface area contributed by atoms with Crippen LogP contribution in [0.25, 0.3) is 23.4 Å². The van der Waals surface area contributed by atoms with Crippen molar-refractivity contribution in [1.29, 1.82) is 5.26 Å². The first-order chi connectivity index (χ1) is 17.5. The highest BCUT2D eigenvalue weighted by Crippen LogP contribution is 2.17. The molecule has 0 unspecified atom stereocenters. The molecule has 4 aromatic rings. The SMILES string of the molecule is CC(C)c1ccc(NC(=O)C(C#N)=c2sc(=CC=Cc3ccccc3)c(=O)n2-c2ccccc2)cc1. The second-order valence-corrected chi connectivity index (χ2v) is 9.43. The van der Waals surface area contributed by atoms with Crippen molar-refractivity contribution in [2.75, 3.05) is 5.32 Å². The van der Waals surface area contributed by atoms with Crippen LogP contribution in [-0.2, 0) is 4.79 Å². The number of nitrogens with zero attached hydrogens (tertiary/aromatic N) is 2. The number of amides is 1. The van der Waals surface area contributed by atoms with Gasteiger partial charge in [-0.25, -0.2) is 0 Å². The first-order valence-electron chi connectivity index (χ1n) is 11.5. The summed E-state index contributed by atoms with van der Waals surface area (Å²) in [6.45, 7) is 4.19. The van der Waals surface area contributed by atoms with E-state index in [-0.39, 0.29) is 15.8 Å². The van der Waals surface area contributed by atoms with Gasteiger partial charge in [0.15, 0.2) is 5.57 Å². The van der Waals surface area contributed by atoms with Gasteiger partial charge in [0.2, 0.25) is 0 Å². The fourth-order valence-electron chi connectivity index (χ4n) is 3.63. The Labute approximate surface area is 213 Å². The van der Waals surface area contributed by atoms with Crippen LogP contribution in [0.5, 0.6) is 0 Å². The predicted octanol–water partition coefficient (Wildman–Crippen LogP) is 4.83. The zero-order chi connectivity index (χ0) is 25.5. The Kier molecular flexibility index (Phi) is 7.74. The van der Waals surface area contributed by atoms with Crippen LogP contribution >= 0.6 is 11.3 Å². The van der Waals surface area contributed by atoms with Crippen LogP contribution in [0.3, 0.4) is 0 Å². The molecular weight excluding hydrogens is 466 g/mol. The minimum atomic E-state index is -0.563. The van der Waals surface area contributed by atoms with E-state index in [2.05, 4.69) is 19.2 Å². The molecule has 0 bridgehead atoms. The Morgan fingerprint density at radius 2 is 1.61 bits per heavy atom. The number of nitriles is 1. The Hall–Kier alpha value is -4.47. The molecule has 178 valence electrons. The molecule has 0 radical (unpaired) electrons. The van der Waals surface area contributed by atoms with Crippen molar-refractivity contribution < 1.29 is 4.79 Å². The van der Waals surface area contributed by atoms with E-state index in [1.54, 1.807) is 24.3 Å². The van der Waals surface area contributed by atoms with E-state index in [4.69, 9.17) is 0 Å². The maximum atomic E-state index is 13.4. The molecule has 0 aliphatic carbocycles. The fourth-order valence-corrected chi connectivity index (χ4v) is 4.68. The molecule has 0 aliphatic rings. The quantitative estimate of drug-likeness (QED) is 0.420. The summed E-state index contributed by atoms with van der Waals surface area (Å²) >= 11 is 1.12. The molecule has 0 spiro atoms. The largest absolute Gasteiger partial charge is 0.321 e. The van der Waals surface area contributed by atoms with Gasteiger partial charge < -0.3 is 5.32 Å². The van der Waals surface area contributed by atoms with E-state index < -0.39 is 5.91 Å². The third-order valence-corrected chi connectivity index (χ3v) is 6.67. The molecule has 1 amide bonds. The van der Waals surface area contributed by atoms with Crippen molar-refractivity contribution in [3.63, 3.8) is 0 Å². The maximum Gasteiger partial charge on any atom is 0.273 e. The van der Waals surface area contributed by atoms with Crippen LogP contribution < -0.4 is 20.1 Å². The monoisotopic (exact) mass is 491 g/mol. The highest BCUT2D eigenvalue weighted by molar-refractivity contribution is 7.07. The Balaban J connectivity index is 1.81. The summed E-state index contributed by atoms with van der Waals surface area (Å²) in [7, 11) is 0. The van der Waals surface area contributed by atoms with Crippen molar-refractivity contribution in [3.05, 3.63) is 122 Å². The fraction of sp³-hybridized carbons (Fsp3) is 0.100. The number of hydrogen-bond acceptors (Lipinski definition) is 4. The first-order valence-corrected chi connectivity index (χ1v) is 12.4. The maximum absolute atomic E-state index is 13.4. The first kappa shape index (κ1) is 24.6. The smallest absolute Gasteiger partial charge is 0.273 e. The lowest BCUT2D eigenvalue weighted by Gasteiger charge is -2.08. The number of carbonyl (C=O) groups excluding carboxylic acids is 1. The minimum Gasteiger partial charge on any atom is -0.321 e. The number of allylic oxidation sites excluding steroid dienone is 1. The molecule has 6 heteroatoms. The van der Waals surface area contributed by atoms with Crippen LogP contribution in [0.15, 0.2) is 95.8 Å². The summed E-state index contributed by atoms with van der Waals surface area (Å²) in [4.78, 5) is 26.6. The summed E-state index contributed by atoms with van der Waals surface area (Å²) in [6.07, 6.45) is 5.40. The predicted molar refractivity (Wildman–Crippen MR) is 147 cm³/mol. The van der Waals surface area contributed by atoms with Gasteiger partial charge in [0.05, 0.1) is 10.2 Å². The summed E-state index contributed by atoms with van der Waals surface area (Å²) in [5, 5.41) is 12.8. The van der Waals surface area contributed by atoms with Gasteiger partial charge in [-0.3, -0.25) is 14.2 Å². The van der Waals surface area contributed by atoms with E-state index in [1.165, 1.54) is 4.57 Å². The molecule has 5 nitrogen and oxygen atoms in total. The normalized spacial score (nSPS) is 12.6. The van der Waals surface area contributed by atoms with Gasteiger partial charge in [0.25, 0.3) is 11.5 Å². The lowest BCUT2D eigenvalue weighted by molar-refractivity contribution is -0.111. The summed E-state index contributed by atoms with van der Waals surface area (Å²) in [5.41, 5.74) is 2.90. The van der Waals surface area contributed by atoms with Gasteiger partial charge in [0, 0.05) is 5.69 Å². The standard InChI is InChI=1S/C30H25N3O2S/c1-21(2)23-16-18-24(19-17-23)32-28(34)26(20-31)30-33(25-13-7-4-8-14-25)29(35)27(36-30)15-9-12-22-10-5-3-6-11-22/h3-19,21H,1-2H3,(H,32,34). The van der Waals surface area contributed by atoms with Crippen LogP contribution in [0.1, 0.15) is 30.9 Å². The number of rotatable bonds is 6. The number of para-hydroxylation sites is 1. The highest BCUT2D eigenvalue weighted by Gasteiger charge is 2.17. The summed E-state index contributed by atoms with van der Waals surface area (Å²) < 4.78 is 2.12. The molecule has 1 aromatic heterocycles. The van der Waals surface area contributed by atoms with E-state index in [0.29, 0.717) is 21.8 Å². The second-order valence-electron chi connectivity index (χ2n) is 8.40. The van der Waals surface area contributed by atoms with Gasteiger partial charge in [-0.15, -0.1) is 11.3 Å². The van der Waals surface area contributed by atoms with Crippen molar-refractivity contribution in [2.24, 2.45) is 0 Å². The topological polar surface area (TPSA) is 74.9 Å². The zero-order valence-corrected chi connectivity index (χ0v) is 20.8. The van der Waals surface area contributed by atoms with E-state index in [1.807, 2.05) is 84.9 Å². The molecule has 4 rings (SSSR count). The zero-order valence-electron chi connectivity index (χ0n) is 20.0. The van der Waals surface area contributed by atoms with Gasteiger partial charge in [-0.2, -0.15) is 5.26 Å². The molecule has 36 heavy (non-hydrogen) atoms. The van der Waals surface area contributed by atoms with Gasteiger partial charge in [0.1, 0.15) is 10.7 Å². The third-order valence-electron chi connectivity index (χ3n) is 5.56. The molecular formula is C30H25N3O2S. The molecule has 0 aliphatic heterocycles. The average Bonchev–Trinajstić information content (AvgIpc) is 3.21. The average molecular weight is 492 g/mol. The molecule has 1 heterocycles. The molecule has 0 atom stereocenters. The second kappa shape index (κ2) is 11.3. The number of aromatic nitrogens is 1. The van der Waals surface area contributed by atoms with E-state index in [9.17, 15) is 14.9 Å². The summed E-state index contributed by atoms with van der Waals surface area (Å²) in [6, 6.07) is 28.3. The molecule has 0 saturated carbocycles. The van der Waals surface area contributed by atoms with Crippen molar-refractivity contribution in [2.45, 2.75) is 19.8 Å². The number of carbonyl (C=O) groups is 1. The van der Waals surface area contributed by atoms with Gasteiger partial charge in [-0.1, -0.05) is 86.7 Å². The van der Waals surface area contributed by atoms with Crippen molar-refractivity contribution >= 4 is 40.7 Å². The number of anilines is 1. The Bertz CT molecular complexity index is 1610. The lowest BCUT2D eigenvalue weighted by Crippen LogP contribution is -2.32. The molecule has 0 saturated heterocycles. The van der Waals surface area contributed by atoms with Crippen LogP contribution in [0.4, 0.5) is 5.69 Å². The van der Waals surface area contributed by atoms with Crippen molar-refractivity contribution in [3.8, 4) is 11.8 Å². The Morgan fingerprint density at radius 1 is 0.972 bits per heavy atom. The molecule has 0 fully saturated rings. The van der Waals surface area contributed by atoms with Crippen LogP contribution in [0.2, 0.25) is 0 Å². The molecule has 1 N–H and O–H groups in total. The highest BCUT2D eigenvalue weighted by atomic mass is 32.1. The van der Waals surface area contributed by atoms with E-state index >= 15 is 0 Å². The molecule has 3 aromatic carbocycles. The van der Waals surface area contributed by atoms with Gasteiger partial charge in [-0.05, 0) is 47.4 Å².